The van der Waals surface area contributed by atoms with Crippen molar-refractivity contribution < 1.29 is 18.0 Å². The topological polar surface area (TPSA) is 86.8 Å². The van der Waals surface area contributed by atoms with Crippen LogP contribution in [0.25, 0.3) is 0 Å². The summed E-state index contributed by atoms with van der Waals surface area (Å²) in [4.78, 5) is 29.9. The van der Waals surface area contributed by atoms with Gasteiger partial charge < -0.3 is 10.2 Å². The normalized spacial score (nSPS) is 12.7. The number of sulfonamides is 1. The maximum Gasteiger partial charge on any atom is 0.264 e. The van der Waals surface area contributed by atoms with Crippen LogP contribution >= 0.6 is 34.8 Å². The monoisotopic (exact) mass is 699 g/mol. The Balaban J connectivity index is 1.82. The van der Waals surface area contributed by atoms with Crippen LogP contribution in [0.3, 0.4) is 0 Å². The molecule has 2 amide bonds. The summed E-state index contributed by atoms with van der Waals surface area (Å²) in [6, 6.07) is 25.7. The minimum absolute atomic E-state index is 0.0171. The van der Waals surface area contributed by atoms with E-state index in [-0.39, 0.29) is 35.5 Å². The van der Waals surface area contributed by atoms with Crippen molar-refractivity contribution in [1.82, 2.24) is 10.2 Å². The second kappa shape index (κ2) is 15.8. The number of carbonyl (C=O) groups excluding carboxylic acids is 2. The number of aryl methyl sites for hydroxylation is 1. The number of carbonyl (C=O) groups is 2. The van der Waals surface area contributed by atoms with E-state index in [9.17, 15) is 18.0 Å². The summed E-state index contributed by atoms with van der Waals surface area (Å²) in [6.07, 6.45) is 0.867. The summed E-state index contributed by atoms with van der Waals surface area (Å²) in [5.41, 5.74) is 2.50. The number of hydrogen-bond acceptors (Lipinski definition) is 4. The molecule has 0 radical (unpaired) electrons. The summed E-state index contributed by atoms with van der Waals surface area (Å²) < 4.78 is 29.3. The molecule has 242 valence electrons. The molecular formula is C35H36Cl3N3O4S. The lowest BCUT2D eigenvalue weighted by Crippen LogP contribution is -2.54. The van der Waals surface area contributed by atoms with Crippen molar-refractivity contribution in [2.75, 3.05) is 10.8 Å². The van der Waals surface area contributed by atoms with Gasteiger partial charge in [-0.25, -0.2) is 8.42 Å². The SMILES string of the molecule is CC[C@@H](C)NC(=O)[C@@H](Cc1ccccc1)N(Cc1ccc(Cl)cc1Cl)C(=O)CN(c1ccc(Cl)cc1)S(=O)(=O)c1ccc(C)cc1. The minimum Gasteiger partial charge on any atom is -0.352 e. The molecule has 0 aliphatic heterocycles. The smallest absolute Gasteiger partial charge is 0.264 e. The number of amides is 2. The Morgan fingerprint density at radius 3 is 2.09 bits per heavy atom. The van der Waals surface area contributed by atoms with Gasteiger partial charge in [0.25, 0.3) is 10.0 Å². The fourth-order valence-corrected chi connectivity index (χ4v) is 6.81. The van der Waals surface area contributed by atoms with Gasteiger partial charge in [0.15, 0.2) is 0 Å². The van der Waals surface area contributed by atoms with Crippen LogP contribution in [0.4, 0.5) is 5.69 Å². The maximum atomic E-state index is 14.5. The van der Waals surface area contributed by atoms with Gasteiger partial charge in [-0.15, -0.1) is 0 Å². The molecule has 0 aliphatic rings. The number of rotatable bonds is 13. The van der Waals surface area contributed by atoms with E-state index < -0.39 is 28.5 Å². The molecule has 2 atom stereocenters. The van der Waals surface area contributed by atoms with Crippen molar-refractivity contribution in [1.29, 1.82) is 0 Å². The Hall–Kier alpha value is -3.56. The van der Waals surface area contributed by atoms with Crippen molar-refractivity contribution in [3.05, 3.63) is 129 Å². The first-order valence-corrected chi connectivity index (χ1v) is 17.4. The van der Waals surface area contributed by atoms with Crippen LogP contribution in [0.1, 0.15) is 37.0 Å². The summed E-state index contributed by atoms with van der Waals surface area (Å²) in [5, 5.41) is 4.15. The van der Waals surface area contributed by atoms with E-state index in [0.717, 1.165) is 15.4 Å². The van der Waals surface area contributed by atoms with Crippen molar-refractivity contribution in [2.45, 2.75) is 57.1 Å². The molecule has 0 aromatic heterocycles. The van der Waals surface area contributed by atoms with Crippen LogP contribution in [-0.4, -0.2) is 43.8 Å². The van der Waals surface area contributed by atoms with Gasteiger partial charge in [0.05, 0.1) is 10.6 Å². The van der Waals surface area contributed by atoms with Crippen LogP contribution in [0, 0.1) is 6.92 Å². The van der Waals surface area contributed by atoms with Crippen molar-refractivity contribution in [3.8, 4) is 0 Å². The first-order chi connectivity index (χ1) is 21.9. The lowest BCUT2D eigenvalue weighted by Gasteiger charge is -2.34. The first kappa shape index (κ1) is 35.3. The van der Waals surface area contributed by atoms with E-state index in [0.29, 0.717) is 27.1 Å². The van der Waals surface area contributed by atoms with Gasteiger partial charge >= 0.3 is 0 Å². The maximum absolute atomic E-state index is 14.5. The molecule has 7 nitrogen and oxygen atoms in total. The number of benzene rings is 4. The number of nitrogens with zero attached hydrogens (tertiary/aromatic N) is 2. The highest BCUT2D eigenvalue weighted by molar-refractivity contribution is 7.92. The number of anilines is 1. The van der Waals surface area contributed by atoms with Crippen molar-refractivity contribution in [2.24, 2.45) is 0 Å². The molecule has 1 N–H and O–H groups in total. The third-order valence-electron chi connectivity index (χ3n) is 7.63. The molecule has 0 aliphatic carbocycles. The van der Waals surface area contributed by atoms with E-state index in [4.69, 9.17) is 34.8 Å². The summed E-state index contributed by atoms with van der Waals surface area (Å²) in [7, 11) is -4.23. The fourth-order valence-electron chi connectivity index (χ4n) is 4.80. The van der Waals surface area contributed by atoms with Gasteiger partial charge in [-0.3, -0.25) is 13.9 Å². The average Bonchev–Trinajstić information content (AvgIpc) is 3.03. The molecule has 0 spiro atoms. The zero-order chi connectivity index (χ0) is 33.4. The van der Waals surface area contributed by atoms with Gasteiger partial charge in [0.1, 0.15) is 12.6 Å². The second-order valence-electron chi connectivity index (χ2n) is 11.1. The lowest BCUT2D eigenvalue weighted by atomic mass is 10.0. The predicted octanol–water partition coefficient (Wildman–Crippen LogP) is 7.71. The fraction of sp³-hybridized carbons (Fsp3) is 0.257. The third kappa shape index (κ3) is 9.04. The van der Waals surface area contributed by atoms with E-state index in [1.165, 1.54) is 17.0 Å². The van der Waals surface area contributed by atoms with Crippen molar-refractivity contribution in [3.63, 3.8) is 0 Å². The van der Waals surface area contributed by atoms with Crippen LogP contribution in [0.5, 0.6) is 0 Å². The highest BCUT2D eigenvalue weighted by Crippen LogP contribution is 2.28. The first-order valence-electron chi connectivity index (χ1n) is 14.8. The molecule has 0 bridgehead atoms. The Morgan fingerprint density at radius 2 is 1.48 bits per heavy atom. The highest BCUT2D eigenvalue weighted by atomic mass is 35.5. The zero-order valence-corrected chi connectivity index (χ0v) is 28.9. The number of hydrogen-bond donors (Lipinski definition) is 1. The molecule has 0 heterocycles. The molecule has 4 rings (SSSR count). The quantitative estimate of drug-likeness (QED) is 0.155. The lowest BCUT2D eigenvalue weighted by molar-refractivity contribution is -0.140. The molecule has 4 aromatic carbocycles. The number of halogens is 3. The second-order valence-corrected chi connectivity index (χ2v) is 14.2. The van der Waals surface area contributed by atoms with Crippen LogP contribution < -0.4 is 9.62 Å². The Morgan fingerprint density at radius 1 is 0.848 bits per heavy atom. The third-order valence-corrected chi connectivity index (χ3v) is 10.3. The van der Waals surface area contributed by atoms with Crippen LogP contribution in [-0.2, 0) is 32.6 Å². The van der Waals surface area contributed by atoms with E-state index >= 15 is 0 Å². The Kier molecular flexibility index (Phi) is 12.1. The summed E-state index contributed by atoms with van der Waals surface area (Å²) in [6.45, 7) is 5.03. The summed E-state index contributed by atoms with van der Waals surface area (Å²) in [5.74, 6) is -0.965. The van der Waals surface area contributed by atoms with Crippen LogP contribution in [0.15, 0.2) is 102 Å². The van der Waals surface area contributed by atoms with Crippen molar-refractivity contribution >= 4 is 62.3 Å². The number of nitrogens with one attached hydrogen (secondary N) is 1. The van der Waals surface area contributed by atoms with Gasteiger partial charge in [0.2, 0.25) is 11.8 Å². The standard InChI is InChI=1S/C35H36Cl3N3O4S/c1-4-25(3)39-35(43)33(20-26-8-6-5-7-9-26)40(22-27-12-13-29(37)21-32(27)38)34(42)23-41(30-16-14-28(36)15-17-30)46(44,45)31-18-10-24(2)11-19-31/h5-19,21,25,33H,4,20,22-23H2,1-3H3,(H,39,43)/t25-,33-/m1/s1. The zero-order valence-electron chi connectivity index (χ0n) is 25.8. The van der Waals surface area contributed by atoms with Gasteiger partial charge in [-0.2, -0.15) is 0 Å². The molecule has 46 heavy (non-hydrogen) atoms. The van der Waals surface area contributed by atoms with E-state index in [2.05, 4.69) is 5.32 Å². The van der Waals surface area contributed by atoms with Crippen LogP contribution in [0.2, 0.25) is 15.1 Å². The molecular weight excluding hydrogens is 665 g/mol. The largest absolute Gasteiger partial charge is 0.352 e. The highest BCUT2D eigenvalue weighted by Gasteiger charge is 2.35. The molecule has 4 aromatic rings. The molecule has 0 saturated heterocycles. The average molecular weight is 701 g/mol. The summed E-state index contributed by atoms with van der Waals surface area (Å²) >= 11 is 18.9. The van der Waals surface area contributed by atoms with E-state index in [1.807, 2.05) is 51.1 Å². The van der Waals surface area contributed by atoms with Gasteiger partial charge in [-0.05, 0) is 79.9 Å². The Bertz CT molecular complexity index is 1750. The molecule has 11 heteroatoms. The molecule has 0 unspecified atom stereocenters. The van der Waals surface area contributed by atoms with E-state index in [1.54, 1.807) is 54.6 Å². The van der Waals surface area contributed by atoms with Gasteiger partial charge in [-0.1, -0.05) is 95.8 Å². The molecule has 0 fully saturated rings. The molecule has 0 saturated carbocycles. The predicted molar refractivity (Wildman–Crippen MR) is 186 cm³/mol. The van der Waals surface area contributed by atoms with Gasteiger partial charge in [0, 0.05) is 34.1 Å². The Labute approximate surface area is 286 Å². The minimum atomic E-state index is -4.23.